The summed E-state index contributed by atoms with van der Waals surface area (Å²) in [5.74, 6) is 0. The molecule has 1 aliphatic rings. The maximum absolute atomic E-state index is 2.42. The number of hydrogen-bond acceptors (Lipinski definition) is 1. The van der Waals surface area contributed by atoms with Gasteiger partial charge in [0.05, 0.1) is 11.1 Å². The second kappa shape index (κ2) is 9.34. The fourth-order valence-corrected chi connectivity index (χ4v) is 5.13. The highest BCUT2D eigenvalue weighted by molar-refractivity contribution is 6.25. The average molecular weight is 449 g/mol. The van der Waals surface area contributed by atoms with Crippen molar-refractivity contribution in [2.24, 2.45) is 0 Å². The Kier molecular flexibility index (Phi) is 6.10. The first-order valence-corrected chi connectivity index (χ1v) is 12.4. The molecule has 0 amide bonds. The molecule has 2 heterocycles. The highest BCUT2D eigenvalue weighted by Crippen LogP contribution is 2.41. The Morgan fingerprint density at radius 3 is 2.32 bits per heavy atom. The second-order valence-corrected chi connectivity index (χ2v) is 9.32. The zero-order valence-electron chi connectivity index (χ0n) is 20.8. The van der Waals surface area contributed by atoms with Gasteiger partial charge in [-0.25, -0.2) is 0 Å². The van der Waals surface area contributed by atoms with E-state index >= 15 is 0 Å². The maximum Gasteiger partial charge on any atom is 0.213 e. The molecule has 0 aliphatic carbocycles. The molecule has 0 radical (unpaired) electrons. The van der Waals surface area contributed by atoms with Gasteiger partial charge in [0.25, 0.3) is 0 Å². The molecule has 0 spiro atoms. The van der Waals surface area contributed by atoms with E-state index in [1.165, 1.54) is 50.1 Å². The third-order valence-electron chi connectivity index (χ3n) is 6.72. The molecular formula is C31H34N3+. The minimum atomic E-state index is 1.02. The number of anilines is 1. The Morgan fingerprint density at radius 1 is 0.853 bits per heavy atom. The van der Waals surface area contributed by atoms with Gasteiger partial charge in [0, 0.05) is 67.1 Å². The van der Waals surface area contributed by atoms with Crippen LogP contribution in [0.3, 0.4) is 0 Å². The molecule has 0 atom stereocenters. The van der Waals surface area contributed by atoms with E-state index in [0.717, 1.165) is 25.9 Å². The number of hydrogen-bond donors (Lipinski definition) is 0. The van der Waals surface area contributed by atoms with E-state index in [-0.39, 0.29) is 0 Å². The maximum atomic E-state index is 2.42. The van der Waals surface area contributed by atoms with E-state index in [1.807, 2.05) is 0 Å². The van der Waals surface area contributed by atoms with Gasteiger partial charge >= 0.3 is 0 Å². The predicted octanol–water partition coefficient (Wildman–Crippen LogP) is 7.21. The van der Waals surface area contributed by atoms with E-state index in [2.05, 4.69) is 127 Å². The van der Waals surface area contributed by atoms with Crippen molar-refractivity contribution in [1.29, 1.82) is 0 Å². The van der Waals surface area contributed by atoms with Gasteiger partial charge in [0.15, 0.2) is 6.21 Å². The number of aryl methyl sites for hydroxylation is 1. The van der Waals surface area contributed by atoms with Crippen LogP contribution in [0.5, 0.6) is 0 Å². The molecule has 0 saturated carbocycles. The van der Waals surface area contributed by atoms with E-state index < -0.39 is 0 Å². The van der Waals surface area contributed by atoms with Crippen LogP contribution < -0.4 is 4.90 Å². The predicted molar refractivity (Wildman–Crippen MR) is 146 cm³/mol. The topological polar surface area (TPSA) is 11.2 Å². The molecule has 5 rings (SSSR count). The van der Waals surface area contributed by atoms with Crippen LogP contribution in [0.25, 0.3) is 22.0 Å². The number of benzene rings is 3. The monoisotopic (exact) mass is 448 g/mol. The molecule has 3 aromatic carbocycles. The first-order valence-electron chi connectivity index (χ1n) is 12.4. The molecule has 0 N–H and O–H groups in total. The zero-order chi connectivity index (χ0) is 23.7. The minimum Gasteiger partial charge on any atom is -0.378 e. The van der Waals surface area contributed by atoms with Crippen LogP contribution in [0.15, 0.2) is 79.0 Å². The van der Waals surface area contributed by atoms with Crippen LogP contribution in [0.4, 0.5) is 11.4 Å². The summed E-state index contributed by atoms with van der Waals surface area (Å²) in [4.78, 5) is 2.16. The van der Waals surface area contributed by atoms with Crippen LogP contribution in [0, 0.1) is 0 Å². The Morgan fingerprint density at radius 2 is 1.59 bits per heavy atom. The Balaban J connectivity index is 1.83. The lowest BCUT2D eigenvalue weighted by atomic mass is 9.90. The van der Waals surface area contributed by atoms with Crippen LogP contribution in [-0.2, 0) is 6.54 Å². The normalized spacial score (nSPS) is 14.3. The van der Waals surface area contributed by atoms with Gasteiger partial charge < -0.3 is 9.47 Å². The first kappa shape index (κ1) is 22.2. The fourth-order valence-electron chi connectivity index (χ4n) is 5.13. The number of aromatic nitrogens is 1. The first-order chi connectivity index (χ1) is 16.6. The lowest BCUT2D eigenvalue weighted by Gasteiger charge is -2.15. The molecule has 1 aliphatic heterocycles. The van der Waals surface area contributed by atoms with Gasteiger partial charge in [-0.2, -0.15) is 4.58 Å². The summed E-state index contributed by atoms with van der Waals surface area (Å²) in [7, 11) is 4.19. The highest BCUT2D eigenvalue weighted by atomic mass is 15.1. The van der Waals surface area contributed by atoms with Crippen molar-refractivity contribution < 1.29 is 4.58 Å². The van der Waals surface area contributed by atoms with Crippen LogP contribution in [0.2, 0.25) is 0 Å². The molecule has 3 heteroatoms. The summed E-state index contributed by atoms with van der Waals surface area (Å²) in [5.41, 5.74) is 10.3. The molecule has 34 heavy (non-hydrogen) atoms. The van der Waals surface area contributed by atoms with Gasteiger partial charge in [-0.15, -0.1) is 0 Å². The molecular weight excluding hydrogens is 414 g/mol. The van der Waals surface area contributed by atoms with Gasteiger partial charge in [0.1, 0.15) is 6.54 Å². The Labute approximate surface area is 203 Å². The summed E-state index contributed by atoms with van der Waals surface area (Å²) in [6, 6.07) is 26.7. The van der Waals surface area contributed by atoms with Crippen molar-refractivity contribution in [3.63, 3.8) is 0 Å². The molecule has 0 bridgehead atoms. The SMILES string of the molecule is CCCn1cc(/C(=C2\C=[N+](CCC)c3ccccc32)c2ccc(N(C)C)cc2)c2ccccc21. The van der Waals surface area contributed by atoms with E-state index in [0.29, 0.717) is 0 Å². The lowest BCUT2D eigenvalue weighted by molar-refractivity contribution is -0.431. The third-order valence-corrected chi connectivity index (χ3v) is 6.72. The lowest BCUT2D eigenvalue weighted by Crippen LogP contribution is -2.08. The number of para-hydroxylation sites is 2. The zero-order valence-corrected chi connectivity index (χ0v) is 20.8. The Hall–Kier alpha value is -3.59. The number of fused-ring (bicyclic) bond motifs is 2. The molecule has 0 saturated heterocycles. The summed E-state index contributed by atoms with van der Waals surface area (Å²) in [6.07, 6.45) is 6.96. The summed E-state index contributed by atoms with van der Waals surface area (Å²) >= 11 is 0. The summed E-state index contributed by atoms with van der Waals surface area (Å²) < 4.78 is 4.84. The number of rotatable bonds is 7. The third kappa shape index (κ3) is 3.86. The Bertz CT molecular complexity index is 1380. The molecule has 172 valence electrons. The summed E-state index contributed by atoms with van der Waals surface area (Å²) in [5, 5.41) is 1.31. The average Bonchev–Trinajstić information content (AvgIpc) is 3.40. The smallest absolute Gasteiger partial charge is 0.213 e. The van der Waals surface area contributed by atoms with Crippen molar-refractivity contribution in [1.82, 2.24) is 4.57 Å². The fraction of sp³-hybridized carbons (Fsp3) is 0.258. The summed E-state index contributed by atoms with van der Waals surface area (Å²) in [6.45, 7) is 6.53. The van der Waals surface area contributed by atoms with Crippen molar-refractivity contribution in [2.75, 3.05) is 25.5 Å². The molecule has 4 aromatic rings. The van der Waals surface area contributed by atoms with Gasteiger partial charge in [-0.05, 0) is 36.2 Å². The van der Waals surface area contributed by atoms with Crippen molar-refractivity contribution in [3.8, 4) is 0 Å². The molecule has 3 nitrogen and oxygen atoms in total. The molecule has 0 fully saturated rings. The van der Waals surface area contributed by atoms with Crippen molar-refractivity contribution in [3.05, 3.63) is 95.7 Å². The highest BCUT2D eigenvalue weighted by Gasteiger charge is 2.29. The molecule has 1 aromatic heterocycles. The van der Waals surface area contributed by atoms with Gasteiger partial charge in [0.2, 0.25) is 5.69 Å². The van der Waals surface area contributed by atoms with Crippen LogP contribution in [-0.4, -0.2) is 36.0 Å². The van der Waals surface area contributed by atoms with Crippen molar-refractivity contribution in [2.45, 2.75) is 33.2 Å². The standard InChI is InChI=1S/C31H34N3/c1-5-19-33-21-27(25-11-7-9-13-29(25)33)31(23-15-17-24(18-16-23)32(3)4)28-22-34(20-6-2)30-14-10-8-12-26(28)30/h7-18,21-22H,5-6,19-20H2,1-4H3/q+1. The van der Waals surface area contributed by atoms with Gasteiger partial charge in [-0.1, -0.05) is 56.3 Å². The van der Waals surface area contributed by atoms with E-state index in [4.69, 9.17) is 0 Å². The second-order valence-electron chi connectivity index (χ2n) is 9.32. The van der Waals surface area contributed by atoms with Gasteiger partial charge in [-0.3, -0.25) is 0 Å². The van der Waals surface area contributed by atoms with Crippen LogP contribution >= 0.6 is 0 Å². The van der Waals surface area contributed by atoms with E-state index in [9.17, 15) is 0 Å². The largest absolute Gasteiger partial charge is 0.378 e. The minimum absolute atomic E-state index is 1.02. The number of nitrogens with zero attached hydrogens (tertiary/aromatic N) is 3. The molecule has 0 unspecified atom stereocenters. The van der Waals surface area contributed by atoms with Crippen molar-refractivity contribution >= 4 is 39.6 Å². The quantitative estimate of drug-likeness (QED) is 0.272. The van der Waals surface area contributed by atoms with Crippen LogP contribution in [0.1, 0.15) is 43.4 Å². The van der Waals surface area contributed by atoms with E-state index in [1.54, 1.807) is 0 Å². The number of allylic oxidation sites excluding steroid dienone is 1.